The molecule has 1 saturated carbocycles. The lowest BCUT2D eigenvalue weighted by atomic mass is 9.87. The third-order valence-electron chi connectivity index (χ3n) is 3.68. The molecule has 0 amide bonds. The average molecular weight is 246 g/mol. The Morgan fingerprint density at radius 3 is 2.17 bits per heavy atom. The number of aliphatic carboxylic acids is 1. The molecule has 96 valence electrons. The Morgan fingerprint density at radius 1 is 1.06 bits per heavy atom. The Labute approximate surface area is 107 Å². The van der Waals surface area contributed by atoms with Crippen molar-refractivity contribution in [1.82, 2.24) is 0 Å². The number of aryl methyl sites for hydroxylation is 2. The summed E-state index contributed by atoms with van der Waals surface area (Å²) in [5, 5.41) is 9.14. The highest BCUT2D eigenvalue weighted by molar-refractivity contribution is 6.00. The highest BCUT2D eigenvalue weighted by atomic mass is 16.4. The van der Waals surface area contributed by atoms with Crippen LogP contribution in [0, 0.1) is 25.7 Å². The van der Waals surface area contributed by atoms with Gasteiger partial charge in [0.2, 0.25) is 0 Å². The molecule has 18 heavy (non-hydrogen) atoms. The summed E-state index contributed by atoms with van der Waals surface area (Å²) in [5.74, 6) is -1.69. The fraction of sp³-hybridized carbons (Fsp3) is 0.467. The van der Waals surface area contributed by atoms with Gasteiger partial charge in [-0.3, -0.25) is 9.59 Å². The molecule has 3 heteroatoms. The van der Waals surface area contributed by atoms with E-state index in [1.807, 2.05) is 32.0 Å². The Kier molecular flexibility index (Phi) is 3.50. The second-order valence-electron chi connectivity index (χ2n) is 5.22. The molecule has 1 aromatic carbocycles. The highest BCUT2D eigenvalue weighted by Crippen LogP contribution is 2.34. The molecule has 1 N–H and O–H groups in total. The quantitative estimate of drug-likeness (QED) is 0.834. The lowest BCUT2D eigenvalue weighted by Gasteiger charge is -2.15. The van der Waals surface area contributed by atoms with E-state index in [-0.39, 0.29) is 11.7 Å². The maximum Gasteiger partial charge on any atom is 0.307 e. The Hall–Kier alpha value is -1.64. The molecule has 0 unspecified atom stereocenters. The highest BCUT2D eigenvalue weighted by Gasteiger charge is 2.37. The predicted octanol–water partition coefficient (Wildman–Crippen LogP) is 2.99. The van der Waals surface area contributed by atoms with E-state index in [0.717, 1.165) is 17.5 Å². The molecule has 0 bridgehead atoms. The molecule has 0 radical (unpaired) electrons. The molecule has 0 aromatic heterocycles. The number of rotatable bonds is 3. The van der Waals surface area contributed by atoms with Crippen LogP contribution in [-0.2, 0) is 4.79 Å². The van der Waals surface area contributed by atoms with Gasteiger partial charge in [0.25, 0.3) is 0 Å². The number of hydrogen-bond acceptors (Lipinski definition) is 2. The number of Topliss-reactive ketones (excluding diaryl/α,β-unsaturated/α-hetero) is 1. The number of carboxylic acids is 1. The van der Waals surface area contributed by atoms with Crippen LogP contribution >= 0.6 is 0 Å². The number of benzene rings is 1. The van der Waals surface area contributed by atoms with Gasteiger partial charge in [-0.2, -0.15) is 0 Å². The predicted molar refractivity (Wildman–Crippen MR) is 68.7 cm³/mol. The molecule has 2 atom stereocenters. The number of hydrogen-bond donors (Lipinski definition) is 1. The molecule has 0 saturated heterocycles. The zero-order valence-electron chi connectivity index (χ0n) is 10.8. The molecular formula is C15H18O3. The normalized spacial score (nSPS) is 23.0. The maximum absolute atomic E-state index is 12.4. The minimum absolute atomic E-state index is 0.00769. The van der Waals surface area contributed by atoms with Gasteiger partial charge in [0.15, 0.2) is 5.78 Å². The first kappa shape index (κ1) is 12.8. The first-order chi connectivity index (χ1) is 8.49. The molecule has 0 aliphatic heterocycles. The van der Waals surface area contributed by atoms with Crippen LogP contribution in [0.15, 0.2) is 18.2 Å². The van der Waals surface area contributed by atoms with Gasteiger partial charge in [-0.15, -0.1) is 0 Å². The molecule has 3 nitrogen and oxygen atoms in total. The fourth-order valence-electron chi connectivity index (χ4n) is 2.90. The van der Waals surface area contributed by atoms with E-state index in [0.29, 0.717) is 18.4 Å². The van der Waals surface area contributed by atoms with Crippen LogP contribution < -0.4 is 0 Å². The van der Waals surface area contributed by atoms with Crippen molar-refractivity contribution in [3.05, 3.63) is 34.9 Å². The Balaban J connectivity index is 2.28. The van der Waals surface area contributed by atoms with Crippen molar-refractivity contribution < 1.29 is 14.7 Å². The van der Waals surface area contributed by atoms with Crippen molar-refractivity contribution >= 4 is 11.8 Å². The standard InChI is InChI=1S/C15H18O3/c1-9-6-10(2)8-11(7-9)14(16)12-4-3-5-13(12)15(17)18/h6-8,12-13H,3-5H2,1-2H3,(H,17,18)/t12-,13-/m1/s1. The van der Waals surface area contributed by atoms with E-state index in [9.17, 15) is 9.59 Å². The van der Waals surface area contributed by atoms with Crippen molar-refractivity contribution in [3.8, 4) is 0 Å². The van der Waals surface area contributed by atoms with Gasteiger partial charge in [-0.25, -0.2) is 0 Å². The first-order valence-corrected chi connectivity index (χ1v) is 6.34. The molecule has 2 rings (SSSR count). The molecular weight excluding hydrogens is 228 g/mol. The molecule has 1 fully saturated rings. The summed E-state index contributed by atoms with van der Waals surface area (Å²) >= 11 is 0. The Morgan fingerprint density at radius 2 is 1.61 bits per heavy atom. The van der Waals surface area contributed by atoms with Crippen molar-refractivity contribution in [2.75, 3.05) is 0 Å². The maximum atomic E-state index is 12.4. The molecule has 0 heterocycles. The monoisotopic (exact) mass is 246 g/mol. The summed E-state index contributed by atoms with van der Waals surface area (Å²) < 4.78 is 0. The van der Waals surface area contributed by atoms with Gasteiger partial charge in [0.05, 0.1) is 5.92 Å². The zero-order chi connectivity index (χ0) is 13.3. The third kappa shape index (κ3) is 2.45. The SMILES string of the molecule is Cc1cc(C)cc(C(=O)[C@@H]2CCC[C@H]2C(=O)O)c1. The lowest BCUT2D eigenvalue weighted by Crippen LogP contribution is -2.25. The fourth-order valence-corrected chi connectivity index (χ4v) is 2.90. The lowest BCUT2D eigenvalue weighted by molar-refractivity contribution is -0.142. The van der Waals surface area contributed by atoms with Crippen molar-refractivity contribution in [2.45, 2.75) is 33.1 Å². The van der Waals surface area contributed by atoms with Crippen molar-refractivity contribution in [3.63, 3.8) is 0 Å². The van der Waals surface area contributed by atoms with E-state index >= 15 is 0 Å². The number of ketones is 1. The van der Waals surface area contributed by atoms with Gasteiger partial charge in [0, 0.05) is 11.5 Å². The second kappa shape index (κ2) is 4.92. The molecule has 1 aliphatic carbocycles. The topological polar surface area (TPSA) is 54.4 Å². The number of carbonyl (C=O) groups excluding carboxylic acids is 1. The summed E-state index contributed by atoms with van der Waals surface area (Å²) in [4.78, 5) is 23.5. The molecule has 1 aromatic rings. The van der Waals surface area contributed by atoms with E-state index in [2.05, 4.69) is 0 Å². The van der Waals surface area contributed by atoms with E-state index in [1.54, 1.807) is 0 Å². The van der Waals surface area contributed by atoms with Gasteiger partial charge >= 0.3 is 5.97 Å². The van der Waals surface area contributed by atoms with Crippen LogP contribution in [0.4, 0.5) is 0 Å². The van der Waals surface area contributed by atoms with E-state index in [1.165, 1.54) is 0 Å². The van der Waals surface area contributed by atoms with E-state index < -0.39 is 11.9 Å². The summed E-state index contributed by atoms with van der Waals surface area (Å²) in [5.41, 5.74) is 2.75. The van der Waals surface area contributed by atoms with Gasteiger partial charge in [-0.1, -0.05) is 23.6 Å². The number of carboxylic acid groups (broad SMARTS) is 1. The average Bonchev–Trinajstić information content (AvgIpc) is 2.75. The molecule has 0 spiro atoms. The third-order valence-corrected chi connectivity index (χ3v) is 3.68. The van der Waals surface area contributed by atoms with Crippen LogP contribution in [0.5, 0.6) is 0 Å². The van der Waals surface area contributed by atoms with Gasteiger partial charge < -0.3 is 5.11 Å². The van der Waals surface area contributed by atoms with Crippen molar-refractivity contribution in [2.24, 2.45) is 11.8 Å². The van der Waals surface area contributed by atoms with Crippen LogP contribution in [0.3, 0.4) is 0 Å². The Bertz CT molecular complexity index is 470. The second-order valence-corrected chi connectivity index (χ2v) is 5.22. The van der Waals surface area contributed by atoms with Crippen LogP contribution in [0.1, 0.15) is 40.7 Å². The number of carbonyl (C=O) groups is 2. The molecule has 1 aliphatic rings. The van der Waals surface area contributed by atoms with Gasteiger partial charge in [-0.05, 0) is 38.8 Å². The van der Waals surface area contributed by atoms with Crippen LogP contribution in [0.2, 0.25) is 0 Å². The van der Waals surface area contributed by atoms with E-state index in [4.69, 9.17) is 5.11 Å². The summed E-state index contributed by atoms with van der Waals surface area (Å²) in [6, 6.07) is 5.72. The van der Waals surface area contributed by atoms with Crippen molar-refractivity contribution in [1.29, 1.82) is 0 Å². The zero-order valence-corrected chi connectivity index (χ0v) is 10.8. The van der Waals surface area contributed by atoms with Crippen LogP contribution in [0.25, 0.3) is 0 Å². The minimum atomic E-state index is -0.838. The minimum Gasteiger partial charge on any atom is -0.481 e. The largest absolute Gasteiger partial charge is 0.481 e. The first-order valence-electron chi connectivity index (χ1n) is 6.34. The summed E-state index contributed by atoms with van der Waals surface area (Å²) in [6.45, 7) is 3.90. The van der Waals surface area contributed by atoms with Gasteiger partial charge in [0.1, 0.15) is 0 Å². The van der Waals surface area contributed by atoms with Crippen LogP contribution in [-0.4, -0.2) is 16.9 Å². The summed E-state index contributed by atoms with van der Waals surface area (Å²) in [7, 11) is 0. The summed E-state index contributed by atoms with van der Waals surface area (Å²) in [6.07, 6.45) is 2.15. The smallest absolute Gasteiger partial charge is 0.307 e.